The number of carbonyl (C=O) groups is 3. The summed E-state index contributed by atoms with van der Waals surface area (Å²) in [6, 6.07) is 3.22. The molecule has 0 aliphatic carbocycles. The van der Waals surface area contributed by atoms with E-state index >= 15 is 0 Å². The molecule has 134 valence electrons. The first-order valence-electron chi connectivity index (χ1n) is 7.29. The van der Waals surface area contributed by atoms with E-state index in [0.29, 0.717) is 22.2 Å². The Morgan fingerprint density at radius 3 is 2.68 bits per heavy atom. The van der Waals surface area contributed by atoms with Gasteiger partial charge in [0.05, 0.1) is 17.2 Å². The lowest BCUT2D eigenvalue weighted by Crippen LogP contribution is -2.43. The van der Waals surface area contributed by atoms with Crippen molar-refractivity contribution in [3.05, 3.63) is 28.2 Å². The predicted molar refractivity (Wildman–Crippen MR) is 93.6 cm³/mol. The van der Waals surface area contributed by atoms with E-state index in [0.717, 1.165) is 0 Å². The van der Waals surface area contributed by atoms with Gasteiger partial charge in [-0.05, 0) is 31.5 Å². The summed E-state index contributed by atoms with van der Waals surface area (Å²) in [6.07, 6.45) is 0.552. The van der Waals surface area contributed by atoms with Gasteiger partial charge in [0.25, 0.3) is 0 Å². The molecular weight excluding hydrogens is 371 g/mol. The molecule has 2 rings (SSSR count). The quantitative estimate of drug-likeness (QED) is 0.360. The van der Waals surface area contributed by atoms with Gasteiger partial charge >= 0.3 is 12.0 Å². The van der Waals surface area contributed by atoms with E-state index in [2.05, 4.69) is 20.6 Å². The third-order valence-corrected chi connectivity index (χ3v) is 4.27. The highest BCUT2D eigenvalue weighted by Gasteiger charge is 2.38. The van der Waals surface area contributed by atoms with E-state index in [4.69, 9.17) is 23.2 Å². The molecule has 25 heavy (non-hydrogen) atoms. The minimum atomic E-state index is -0.735. The van der Waals surface area contributed by atoms with Crippen LogP contribution in [-0.4, -0.2) is 41.8 Å². The number of hydrogen-bond donors (Lipinski definition) is 2. The molecule has 2 N–H and O–H groups in total. The van der Waals surface area contributed by atoms with Gasteiger partial charge in [-0.2, -0.15) is 5.10 Å². The monoisotopic (exact) mass is 386 g/mol. The smallest absolute Gasteiger partial charge is 0.339 e. The Morgan fingerprint density at radius 2 is 2.04 bits per heavy atom. The number of anilines is 1. The van der Waals surface area contributed by atoms with Crippen LogP contribution in [-0.2, 0) is 14.3 Å². The third-order valence-electron chi connectivity index (χ3n) is 3.53. The van der Waals surface area contributed by atoms with Crippen LogP contribution in [0.4, 0.5) is 10.5 Å². The van der Waals surface area contributed by atoms with Crippen molar-refractivity contribution in [1.29, 1.82) is 0 Å². The average Bonchev–Trinajstić information content (AvgIpc) is 2.97. The summed E-state index contributed by atoms with van der Waals surface area (Å²) < 4.78 is 4.68. The van der Waals surface area contributed by atoms with Gasteiger partial charge in [0.2, 0.25) is 5.91 Å². The van der Waals surface area contributed by atoms with E-state index in [1.807, 2.05) is 0 Å². The van der Waals surface area contributed by atoms with Crippen LogP contribution >= 0.6 is 23.2 Å². The summed E-state index contributed by atoms with van der Waals surface area (Å²) in [6.45, 7) is 1.51. The van der Waals surface area contributed by atoms with Crippen molar-refractivity contribution in [2.24, 2.45) is 5.10 Å². The van der Waals surface area contributed by atoms with Gasteiger partial charge in [0.1, 0.15) is 11.9 Å². The first kappa shape index (κ1) is 19.0. The van der Waals surface area contributed by atoms with Crippen LogP contribution in [0.3, 0.4) is 0 Å². The number of ether oxygens (including phenoxy) is 1. The Balaban J connectivity index is 2.01. The maximum absolute atomic E-state index is 11.9. The van der Waals surface area contributed by atoms with Gasteiger partial charge in [0.15, 0.2) is 0 Å². The molecule has 1 saturated heterocycles. The van der Waals surface area contributed by atoms with Gasteiger partial charge in [-0.3, -0.25) is 9.69 Å². The average molecular weight is 387 g/mol. The molecule has 0 spiro atoms. The van der Waals surface area contributed by atoms with Crippen molar-refractivity contribution in [1.82, 2.24) is 10.3 Å². The summed E-state index contributed by atoms with van der Waals surface area (Å²) in [4.78, 5) is 36.7. The van der Waals surface area contributed by atoms with E-state index in [-0.39, 0.29) is 18.2 Å². The van der Waals surface area contributed by atoms with E-state index in [9.17, 15) is 14.4 Å². The SMILES string of the molecule is COC(=O)[C@H]1CCC(=O)N1/C(C)=N\NC(=O)Nc1ccc(Cl)c(Cl)c1. The minimum absolute atomic E-state index is 0.183. The minimum Gasteiger partial charge on any atom is -0.467 e. The number of amides is 3. The lowest BCUT2D eigenvalue weighted by Gasteiger charge is -2.21. The summed E-state index contributed by atoms with van der Waals surface area (Å²) in [5, 5.41) is 7.03. The molecule has 0 radical (unpaired) electrons. The zero-order valence-electron chi connectivity index (χ0n) is 13.5. The molecule has 0 aromatic heterocycles. The van der Waals surface area contributed by atoms with Gasteiger partial charge < -0.3 is 10.1 Å². The van der Waals surface area contributed by atoms with Crippen molar-refractivity contribution < 1.29 is 19.1 Å². The molecule has 1 aromatic carbocycles. The first-order chi connectivity index (χ1) is 11.8. The van der Waals surface area contributed by atoms with Crippen LogP contribution in [0, 0.1) is 0 Å². The second-order valence-electron chi connectivity index (χ2n) is 5.20. The van der Waals surface area contributed by atoms with E-state index < -0.39 is 18.0 Å². The van der Waals surface area contributed by atoms with Gasteiger partial charge in [0, 0.05) is 12.1 Å². The Morgan fingerprint density at radius 1 is 1.32 bits per heavy atom. The standard InChI is InChI=1S/C15H16Cl2N4O4/c1-8(21-12(14(23)25-2)5-6-13(21)22)19-20-15(24)18-9-3-4-10(16)11(17)7-9/h3-4,7,12H,5-6H2,1-2H3,(H2,18,20,24)/b19-8-/t12-/m1/s1. The zero-order valence-corrected chi connectivity index (χ0v) is 15.0. The molecule has 1 heterocycles. The molecule has 8 nitrogen and oxygen atoms in total. The van der Waals surface area contributed by atoms with Crippen molar-refractivity contribution in [2.45, 2.75) is 25.8 Å². The summed E-state index contributed by atoms with van der Waals surface area (Å²) in [7, 11) is 1.25. The Hall–Kier alpha value is -2.32. The van der Waals surface area contributed by atoms with Gasteiger partial charge in [-0.15, -0.1) is 0 Å². The molecule has 1 aliphatic rings. The fourth-order valence-electron chi connectivity index (χ4n) is 2.37. The summed E-state index contributed by atoms with van der Waals surface area (Å²) in [5.74, 6) is -0.605. The Labute approximate surface area is 154 Å². The second kappa shape index (κ2) is 8.17. The molecule has 10 heteroatoms. The number of urea groups is 1. The van der Waals surface area contributed by atoms with Crippen molar-refractivity contribution in [3.8, 4) is 0 Å². The number of esters is 1. The number of hydrogen-bond acceptors (Lipinski definition) is 5. The predicted octanol–water partition coefficient (Wildman–Crippen LogP) is 2.61. The highest BCUT2D eigenvalue weighted by atomic mass is 35.5. The molecule has 1 fully saturated rings. The fourth-order valence-corrected chi connectivity index (χ4v) is 2.67. The number of likely N-dealkylation sites (tertiary alicyclic amines) is 1. The fraction of sp³-hybridized carbons (Fsp3) is 0.333. The molecule has 1 aromatic rings. The second-order valence-corrected chi connectivity index (χ2v) is 6.01. The number of nitrogens with one attached hydrogen (secondary N) is 2. The molecule has 0 saturated carbocycles. The Bertz CT molecular complexity index is 738. The van der Waals surface area contributed by atoms with Crippen LogP contribution in [0.2, 0.25) is 10.0 Å². The molecule has 1 aliphatic heterocycles. The third kappa shape index (κ3) is 4.61. The highest BCUT2D eigenvalue weighted by Crippen LogP contribution is 2.25. The van der Waals surface area contributed by atoms with E-state index in [1.165, 1.54) is 31.1 Å². The number of methoxy groups -OCH3 is 1. The van der Waals surface area contributed by atoms with Gasteiger partial charge in [-0.25, -0.2) is 15.0 Å². The maximum Gasteiger partial charge on any atom is 0.339 e. The first-order valence-corrected chi connectivity index (χ1v) is 8.05. The zero-order chi connectivity index (χ0) is 18.6. The Kier molecular flexibility index (Phi) is 6.22. The lowest BCUT2D eigenvalue weighted by molar-refractivity contribution is -0.146. The van der Waals surface area contributed by atoms with E-state index in [1.54, 1.807) is 6.07 Å². The molecular formula is C15H16Cl2N4O4. The van der Waals surface area contributed by atoms with Crippen LogP contribution in [0.15, 0.2) is 23.3 Å². The molecule has 1 atom stereocenters. The number of nitrogens with zero attached hydrogens (tertiary/aromatic N) is 2. The number of benzene rings is 1. The topological polar surface area (TPSA) is 100 Å². The highest BCUT2D eigenvalue weighted by molar-refractivity contribution is 6.42. The number of halogens is 2. The van der Waals surface area contributed by atoms with Crippen molar-refractivity contribution >= 4 is 52.6 Å². The van der Waals surface area contributed by atoms with Crippen LogP contribution in [0.5, 0.6) is 0 Å². The maximum atomic E-state index is 11.9. The number of amidine groups is 1. The molecule has 0 unspecified atom stereocenters. The summed E-state index contributed by atoms with van der Waals surface area (Å²) in [5.41, 5.74) is 2.68. The molecule has 3 amide bonds. The lowest BCUT2D eigenvalue weighted by atomic mass is 10.2. The molecule has 0 bridgehead atoms. The van der Waals surface area contributed by atoms with Crippen LogP contribution in [0.25, 0.3) is 0 Å². The number of rotatable bonds is 3. The van der Waals surface area contributed by atoms with Crippen LogP contribution in [0.1, 0.15) is 19.8 Å². The van der Waals surface area contributed by atoms with Crippen LogP contribution < -0.4 is 10.7 Å². The number of hydrazone groups is 1. The largest absolute Gasteiger partial charge is 0.467 e. The van der Waals surface area contributed by atoms with Crippen molar-refractivity contribution in [2.75, 3.05) is 12.4 Å². The normalized spacial score (nSPS) is 17.4. The summed E-state index contributed by atoms with van der Waals surface area (Å²) >= 11 is 11.7. The van der Waals surface area contributed by atoms with Crippen molar-refractivity contribution in [3.63, 3.8) is 0 Å². The number of carbonyl (C=O) groups excluding carboxylic acids is 3. The van der Waals surface area contributed by atoms with Gasteiger partial charge in [-0.1, -0.05) is 23.2 Å².